The molecule has 0 spiro atoms. The van der Waals surface area contributed by atoms with Crippen LogP contribution >= 0.6 is 11.3 Å². The summed E-state index contributed by atoms with van der Waals surface area (Å²) in [6, 6.07) is 13.9. The summed E-state index contributed by atoms with van der Waals surface area (Å²) in [4.78, 5) is 24.7. The summed E-state index contributed by atoms with van der Waals surface area (Å²) in [5.74, 6) is -1.71. The zero-order chi connectivity index (χ0) is 24.2. The van der Waals surface area contributed by atoms with Crippen molar-refractivity contribution in [2.45, 2.75) is 32.6 Å². The van der Waals surface area contributed by atoms with Crippen molar-refractivity contribution >= 4 is 46.0 Å². The van der Waals surface area contributed by atoms with Crippen LogP contribution in [0.5, 0.6) is 5.75 Å². The number of nitrogens with zero attached hydrogens (tertiary/aromatic N) is 1. The molecule has 5 N–H and O–H groups in total. The summed E-state index contributed by atoms with van der Waals surface area (Å²) < 4.78 is 0. The Labute approximate surface area is 200 Å². The highest BCUT2D eigenvalue weighted by Crippen LogP contribution is 2.38. The molecule has 9 heteroatoms. The Morgan fingerprint density at radius 3 is 2.53 bits per heavy atom. The van der Waals surface area contributed by atoms with Gasteiger partial charge in [-0.3, -0.25) is 10.2 Å². The minimum atomic E-state index is -1.04. The van der Waals surface area contributed by atoms with Crippen LogP contribution in [0.1, 0.15) is 40.6 Å². The van der Waals surface area contributed by atoms with Crippen molar-refractivity contribution in [2.75, 3.05) is 10.7 Å². The zero-order valence-corrected chi connectivity index (χ0v) is 19.3. The number of amides is 1. The maximum atomic E-state index is 12.8. The van der Waals surface area contributed by atoms with Crippen LogP contribution in [0.25, 0.3) is 10.4 Å². The molecule has 1 heterocycles. The van der Waals surface area contributed by atoms with E-state index in [4.69, 9.17) is 10.5 Å². The number of hydrogen-bond acceptors (Lipinski definition) is 7. The molecular weight excluding hydrogens is 452 g/mol. The van der Waals surface area contributed by atoms with Gasteiger partial charge in [0.2, 0.25) is 0 Å². The number of carbonyl (C=O) groups is 2. The van der Waals surface area contributed by atoms with Gasteiger partial charge in [0.15, 0.2) is 5.71 Å². The Balaban J connectivity index is 1.54. The molecule has 1 aromatic heterocycles. The second kappa shape index (κ2) is 9.88. The molecule has 0 fully saturated rings. The average Bonchev–Trinajstić information content (AvgIpc) is 3.30. The number of phenols is 1. The van der Waals surface area contributed by atoms with E-state index in [1.807, 2.05) is 18.2 Å². The summed E-state index contributed by atoms with van der Waals surface area (Å²) in [5.41, 5.74) is 6.36. The second-order valence-electron chi connectivity index (χ2n) is 8.01. The van der Waals surface area contributed by atoms with Crippen molar-refractivity contribution in [1.29, 1.82) is 5.41 Å². The van der Waals surface area contributed by atoms with Gasteiger partial charge in [-0.15, -0.1) is 11.3 Å². The molecule has 4 rings (SSSR count). The lowest BCUT2D eigenvalue weighted by molar-refractivity contribution is -0.110. The second-order valence-corrected chi connectivity index (χ2v) is 9.10. The zero-order valence-electron chi connectivity index (χ0n) is 18.5. The van der Waals surface area contributed by atoms with E-state index in [2.05, 4.69) is 15.8 Å². The molecule has 0 aliphatic heterocycles. The Hall–Kier alpha value is -3.98. The number of para-hydroxylation sites is 1. The summed E-state index contributed by atoms with van der Waals surface area (Å²) in [6.07, 6.45) is 4.34. The van der Waals surface area contributed by atoms with Crippen LogP contribution < -0.4 is 10.7 Å². The quantitative estimate of drug-likeness (QED) is 0.183. The molecule has 0 atom stereocenters. The van der Waals surface area contributed by atoms with Gasteiger partial charge < -0.3 is 20.9 Å². The first-order chi connectivity index (χ1) is 16.3. The maximum absolute atomic E-state index is 12.8. The predicted molar refractivity (Wildman–Crippen MR) is 135 cm³/mol. The van der Waals surface area contributed by atoms with E-state index < -0.39 is 11.9 Å². The summed E-state index contributed by atoms with van der Waals surface area (Å²) in [6.45, 7) is 1.46. The van der Waals surface area contributed by atoms with Gasteiger partial charge in [0.05, 0.1) is 11.4 Å². The number of aromatic hydroxyl groups is 1. The van der Waals surface area contributed by atoms with Crippen LogP contribution in [0.15, 0.2) is 53.6 Å². The molecule has 1 amide bonds. The first-order valence-corrected chi connectivity index (χ1v) is 11.6. The molecule has 1 aliphatic rings. The van der Waals surface area contributed by atoms with E-state index in [9.17, 15) is 14.7 Å². The summed E-state index contributed by atoms with van der Waals surface area (Å²) in [5, 5.41) is 34.7. The van der Waals surface area contributed by atoms with Gasteiger partial charge in [-0.25, -0.2) is 4.79 Å². The highest BCUT2D eigenvalue weighted by Gasteiger charge is 2.18. The maximum Gasteiger partial charge on any atom is 0.345 e. The molecule has 0 unspecified atom stereocenters. The molecule has 8 nitrogen and oxygen atoms in total. The lowest BCUT2D eigenvalue weighted by atomic mass is 9.91. The van der Waals surface area contributed by atoms with E-state index >= 15 is 0 Å². The molecule has 174 valence electrons. The fraction of sp³-hybridized carbons (Fsp3) is 0.200. The third kappa shape index (κ3) is 4.99. The van der Waals surface area contributed by atoms with Gasteiger partial charge in [-0.2, -0.15) is 5.10 Å². The summed E-state index contributed by atoms with van der Waals surface area (Å²) in [7, 11) is 0. The number of hydrazone groups is 1. The SMILES string of the molecule is CC(=N)/C(=N/Nc1cccc(-c2ccc(C(=O)O)s2)c1O)C(=O)Nc1ccc2c(c1)CCCC2. The van der Waals surface area contributed by atoms with Crippen molar-refractivity contribution in [1.82, 2.24) is 0 Å². The first-order valence-electron chi connectivity index (χ1n) is 10.8. The van der Waals surface area contributed by atoms with Crippen molar-refractivity contribution in [3.8, 4) is 16.2 Å². The Morgan fingerprint density at radius 2 is 1.82 bits per heavy atom. The van der Waals surface area contributed by atoms with Gasteiger partial charge in [0.1, 0.15) is 10.6 Å². The average molecular weight is 477 g/mol. The number of aromatic carboxylic acids is 1. The number of hydrogen-bond donors (Lipinski definition) is 5. The van der Waals surface area contributed by atoms with Crippen LogP contribution in [0, 0.1) is 5.41 Å². The fourth-order valence-corrected chi connectivity index (χ4v) is 4.72. The number of carboxylic acids is 1. The lowest BCUT2D eigenvalue weighted by Crippen LogP contribution is -2.29. The van der Waals surface area contributed by atoms with E-state index in [0.717, 1.165) is 30.6 Å². The number of fused-ring (bicyclic) bond motifs is 1. The minimum Gasteiger partial charge on any atom is -0.505 e. The van der Waals surface area contributed by atoms with Crippen molar-refractivity contribution in [2.24, 2.45) is 5.10 Å². The molecule has 3 aromatic rings. The molecule has 0 saturated heterocycles. The van der Waals surface area contributed by atoms with Gasteiger partial charge in [-0.1, -0.05) is 12.1 Å². The molecule has 0 saturated carbocycles. The summed E-state index contributed by atoms with van der Waals surface area (Å²) >= 11 is 1.04. The lowest BCUT2D eigenvalue weighted by Gasteiger charge is -2.17. The fourth-order valence-electron chi connectivity index (χ4n) is 3.85. The largest absolute Gasteiger partial charge is 0.505 e. The van der Waals surface area contributed by atoms with E-state index in [1.165, 1.54) is 30.5 Å². The Morgan fingerprint density at radius 1 is 1.06 bits per heavy atom. The van der Waals surface area contributed by atoms with Crippen LogP contribution in [-0.2, 0) is 17.6 Å². The van der Waals surface area contributed by atoms with Crippen LogP contribution in [0.2, 0.25) is 0 Å². The number of carboxylic acid groups (broad SMARTS) is 1. The number of carbonyl (C=O) groups excluding carboxylic acids is 1. The van der Waals surface area contributed by atoms with Crippen LogP contribution in [0.3, 0.4) is 0 Å². The smallest absolute Gasteiger partial charge is 0.345 e. The third-order valence-electron chi connectivity index (χ3n) is 5.58. The normalized spacial score (nSPS) is 13.1. The molecule has 2 aromatic carbocycles. The third-order valence-corrected chi connectivity index (χ3v) is 6.69. The number of aryl methyl sites for hydroxylation is 2. The number of thiophene rings is 1. The molecule has 1 aliphatic carbocycles. The number of nitrogens with one attached hydrogen (secondary N) is 3. The molecule has 0 bridgehead atoms. The highest BCUT2D eigenvalue weighted by atomic mass is 32.1. The van der Waals surface area contributed by atoms with Gasteiger partial charge in [-0.05, 0) is 80.1 Å². The minimum absolute atomic E-state index is 0.0389. The number of rotatable bonds is 7. The van der Waals surface area contributed by atoms with E-state index in [1.54, 1.807) is 24.3 Å². The van der Waals surface area contributed by atoms with Gasteiger partial charge in [0.25, 0.3) is 5.91 Å². The highest BCUT2D eigenvalue weighted by molar-refractivity contribution is 7.17. The number of benzene rings is 2. The van der Waals surface area contributed by atoms with Crippen LogP contribution in [-0.4, -0.2) is 33.5 Å². The van der Waals surface area contributed by atoms with Crippen molar-refractivity contribution < 1.29 is 19.8 Å². The number of anilines is 2. The van der Waals surface area contributed by atoms with Crippen molar-refractivity contribution in [3.63, 3.8) is 0 Å². The van der Waals surface area contributed by atoms with Gasteiger partial charge >= 0.3 is 5.97 Å². The molecule has 0 radical (unpaired) electrons. The Kier molecular flexibility index (Phi) is 6.74. The Bertz CT molecular complexity index is 1310. The topological polar surface area (TPSA) is 135 Å². The monoisotopic (exact) mass is 476 g/mol. The predicted octanol–water partition coefficient (Wildman–Crippen LogP) is 5.14. The number of phenolic OH excluding ortho intramolecular Hbond substituents is 1. The van der Waals surface area contributed by atoms with E-state index in [0.29, 0.717) is 16.1 Å². The van der Waals surface area contributed by atoms with Crippen molar-refractivity contribution in [3.05, 3.63) is 64.5 Å². The van der Waals surface area contributed by atoms with E-state index in [-0.39, 0.29) is 27.7 Å². The van der Waals surface area contributed by atoms with Gasteiger partial charge in [0, 0.05) is 16.1 Å². The molecular formula is C25H24N4O4S. The standard InChI is InChI=1S/C25H24N4O4S/c1-14(26)22(24(31)27-17-10-9-15-5-2-3-6-16(15)13-17)29-28-19-8-4-7-18(23(19)30)20-11-12-21(34-20)25(32)33/h4,7-13,26,28,30H,2-3,5-6H2,1H3,(H,27,31)(H,32,33)/b26-14?,29-22-. The van der Waals surface area contributed by atoms with Crippen LogP contribution in [0.4, 0.5) is 11.4 Å². The molecule has 34 heavy (non-hydrogen) atoms. The first kappa shape index (κ1) is 23.2.